The molecule has 0 bridgehead atoms. The molecule has 96 valence electrons. The van der Waals surface area contributed by atoms with Crippen LogP contribution in [0.2, 0.25) is 0 Å². The number of rotatable bonds is 7. The predicted molar refractivity (Wildman–Crippen MR) is 62.5 cm³/mol. The summed E-state index contributed by atoms with van der Waals surface area (Å²) in [4.78, 5) is 15.7. The quantitative estimate of drug-likeness (QED) is 0.691. The van der Waals surface area contributed by atoms with Crippen LogP contribution in [0.5, 0.6) is 0 Å². The van der Waals surface area contributed by atoms with Crippen LogP contribution in [0.15, 0.2) is 10.7 Å². The molecule has 1 rings (SSSR count). The average Bonchev–Trinajstić information content (AvgIpc) is 2.83. The van der Waals surface area contributed by atoms with E-state index in [0.717, 1.165) is 12.8 Å². The maximum atomic E-state index is 11.6. The van der Waals surface area contributed by atoms with Crippen molar-refractivity contribution in [1.29, 1.82) is 0 Å². The molecular weight excluding hydrogens is 222 g/mol. The van der Waals surface area contributed by atoms with Crippen molar-refractivity contribution in [2.75, 3.05) is 20.3 Å². The number of carbonyl (C=O) groups excluding carboxylic acids is 1. The molecule has 0 aliphatic heterocycles. The number of methoxy groups -OCH3 is 1. The Morgan fingerprint density at radius 2 is 2.47 bits per heavy atom. The Morgan fingerprint density at radius 3 is 3.12 bits per heavy atom. The van der Waals surface area contributed by atoms with Gasteiger partial charge < -0.3 is 20.2 Å². The summed E-state index contributed by atoms with van der Waals surface area (Å²) in [5.74, 6) is 0.147. The van der Waals surface area contributed by atoms with Crippen molar-refractivity contribution in [2.45, 2.75) is 25.8 Å². The molecule has 0 saturated carbocycles. The van der Waals surface area contributed by atoms with Crippen LogP contribution in [0.3, 0.4) is 0 Å². The Hall–Kier alpha value is -1.40. The normalized spacial score (nSPS) is 12.4. The molecule has 1 unspecified atom stereocenters. The topological polar surface area (TPSA) is 90.4 Å². The van der Waals surface area contributed by atoms with Crippen LogP contribution < -0.4 is 11.1 Å². The average molecular weight is 241 g/mol. The maximum Gasteiger partial charge on any atom is 0.273 e. The molecule has 0 aromatic carbocycles. The van der Waals surface area contributed by atoms with Crippen molar-refractivity contribution in [2.24, 2.45) is 5.73 Å². The van der Waals surface area contributed by atoms with Gasteiger partial charge >= 0.3 is 0 Å². The van der Waals surface area contributed by atoms with Gasteiger partial charge in [-0.05, 0) is 12.8 Å². The highest BCUT2D eigenvalue weighted by Gasteiger charge is 2.15. The first kappa shape index (κ1) is 13.7. The van der Waals surface area contributed by atoms with E-state index < -0.39 is 0 Å². The van der Waals surface area contributed by atoms with Crippen molar-refractivity contribution in [1.82, 2.24) is 10.3 Å². The summed E-state index contributed by atoms with van der Waals surface area (Å²) in [5.41, 5.74) is 6.01. The van der Waals surface area contributed by atoms with E-state index in [4.69, 9.17) is 14.9 Å². The molecule has 0 fully saturated rings. The van der Waals surface area contributed by atoms with Crippen molar-refractivity contribution in [3.8, 4) is 0 Å². The van der Waals surface area contributed by atoms with Crippen LogP contribution in [-0.4, -0.2) is 31.2 Å². The molecule has 1 atom stereocenters. The highest BCUT2D eigenvalue weighted by Crippen LogP contribution is 2.12. The first-order valence-electron chi connectivity index (χ1n) is 5.67. The Morgan fingerprint density at radius 1 is 1.71 bits per heavy atom. The minimum Gasteiger partial charge on any atom is -0.446 e. The fourth-order valence-electron chi connectivity index (χ4n) is 1.25. The molecular formula is C11H19N3O3. The van der Waals surface area contributed by atoms with Gasteiger partial charge in [0, 0.05) is 20.3 Å². The minimum absolute atomic E-state index is 0.251. The number of oxazole rings is 1. The number of amides is 1. The molecule has 1 aromatic heterocycles. The van der Waals surface area contributed by atoms with E-state index in [9.17, 15) is 4.79 Å². The van der Waals surface area contributed by atoms with E-state index in [2.05, 4.69) is 10.3 Å². The van der Waals surface area contributed by atoms with Gasteiger partial charge in [-0.15, -0.1) is 0 Å². The first-order chi connectivity index (χ1) is 8.19. The van der Waals surface area contributed by atoms with E-state index in [1.807, 2.05) is 6.92 Å². The zero-order valence-corrected chi connectivity index (χ0v) is 10.2. The molecule has 6 nitrogen and oxygen atoms in total. The molecule has 1 amide bonds. The van der Waals surface area contributed by atoms with Gasteiger partial charge in [-0.1, -0.05) is 6.92 Å². The van der Waals surface area contributed by atoms with Crippen molar-refractivity contribution in [3.63, 3.8) is 0 Å². The SMILES string of the molecule is CCC(N)c1nc(C(=O)NCCCOC)co1. The molecule has 3 N–H and O–H groups in total. The van der Waals surface area contributed by atoms with Crippen LogP contribution in [0.25, 0.3) is 0 Å². The first-order valence-corrected chi connectivity index (χ1v) is 5.67. The Kier molecular flexibility index (Phi) is 5.65. The molecule has 0 spiro atoms. The minimum atomic E-state index is -0.259. The maximum absolute atomic E-state index is 11.6. The van der Waals surface area contributed by atoms with E-state index in [0.29, 0.717) is 19.0 Å². The third-order valence-electron chi connectivity index (χ3n) is 2.32. The van der Waals surface area contributed by atoms with Gasteiger partial charge in [-0.2, -0.15) is 0 Å². The molecule has 17 heavy (non-hydrogen) atoms. The number of nitrogens with zero attached hydrogens (tertiary/aromatic N) is 1. The lowest BCUT2D eigenvalue weighted by molar-refractivity contribution is 0.0943. The smallest absolute Gasteiger partial charge is 0.273 e. The number of nitrogens with one attached hydrogen (secondary N) is 1. The largest absolute Gasteiger partial charge is 0.446 e. The lowest BCUT2D eigenvalue weighted by Gasteiger charge is -2.02. The Labute approximate surface area is 101 Å². The standard InChI is InChI=1S/C11H19N3O3/c1-3-8(12)11-14-9(7-17-11)10(15)13-5-4-6-16-2/h7-8H,3-6,12H2,1-2H3,(H,13,15). The van der Waals surface area contributed by atoms with E-state index in [1.54, 1.807) is 7.11 Å². The second-order valence-corrected chi connectivity index (χ2v) is 3.69. The van der Waals surface area contributed by atoms with Gasteiger partial charge in [0.1, 0.15) is 6.26 Å². The number of hydrogen-bond donors (Lipinski definition) is 2. The summed E-state index contributed by atoms with van der Waals surface area (Å²) < 4.78 is 10.0. The molecule has 0 aliphatic rings. The number of carbonyl (C=O) groups is 1. The van der Waals surface area contributed by atoms with Crippen LogP contribution in [-0.2, 0) is 4.74 Å². The predicted octanol–water partition coefficient (Wildman–Crippen LogP) is 0.851. The Balaban J connectivity index is 2.44. The lowest BCUT2D eigenvalue weighted by Crippen LogP contribution is -2.25. The third kappa shape index (κ3) is 4.16. The van der Waals surface area contributed by atoms with Gasteiger partial charge in [0.25, 0.3) is 5.91 Å². The van der Waals surface area contributed by atoms with Crippen LogP contribution in [0.4, 0.5) is 0 Å². The fourth-order valence-corrected chi connectivity index (χ4v) is 1.25. The second-order valence-electron chi connectivity index (χ2n) is 3.69. The molecule has 1 aromatic rings. The summed E-state index contributed by atoms with van der Waals surface area (Å²) in [6.07, 6.45) is 2.81. The summed E-state index contributed by atoms with van der Waals surface area (Å²) in [7, 11) is 1.62. The van der Waals surface area contributed by atoms with Gasteiger partial charge in [-0.3, -0.25) is 4.79 Å². The lowest BCUT2D eigenvalue weighted by atomic mass is 10.2. The van der Waals surface area contributed by atoms with E-state index in [-0.39, 0.29) is 17.6 Å². The monoisotopic (exact) mass is 241 g/mol. The van der Waals surface area contributed by atoms with Crippen molar-refractivity contribution >= 4 is 5.91 Å². The van der Waals surface area contributed by atoms with Crippen molar-refractivity contribution < 1.29 is 13.9 Å². The van der Waals surface area contributed by atoms with E-state index in [1.165, 1.54) is 6.26 Å². The second kappa shape index (κ2) is 7.03. The summed E-state index contributed by atoms with van der Waals surface area (Å²) in [5, 5.41) is 2.72. The van der Waals surface area contributed by atoms with Crippen LogP contribution in [0.1, 0.15) is 42.2 Å². The van der Waals surface area contributed by atoms with Gasteiger partial charge in [0.2, 0.25) is 5.89 Å². The van der Waals surface area contributed by atoms with Gasteiger partial charge in [0.05, 0.1) is 6.04 Å². The van der Waals surface area contributed by atoms with Crippen LogP contribution >= 0.6 is 0 Å². The fraction of sp³-hybridized carbons (Fsp3) is 0.636. The number of hydrogen-bond acceptors (Lipinski definition) is 5. The highest BCUT2D eigenvalue weighted by molar-refractivity contribution is 5.91. The third-order valence-corrected chi connectivity index (χ3v) is 2.32. The van der Waals surface area contributed by atoms with E-state index >= 15 is 0 Å². The molecule has 0 saturated heterocycles. The molecule has 0 aliphatic carbocycles. The molecule has 0 radical (unpaired) electrons. The number of aromatic nitrogens is 1. The summed E-state index contributed by atoms with van der Waals surface area (Å²) >= 11 is 0. The summed E-state index contributed by atoms with van der Waals surface area (Å²) in [6.45, 7) is 3.10. The van der Waals surface area contributed by atoms with Crippen LogP contribution in [0, 0.1) is 0 Å². The number of nitrogens with two attached hydrogens (primary N) is 1. The number of ether oxygens (including phenoxy) is 1. The highest BCUT2D eigenvalue weighted by atomic mass is 16.5. The zero-order chi connectivity index (χ0) is 12.7. The van der Waals surface area contributed by atoms with Crippen molar-refractivity contribution in [3.05, 3.63) is 17.8 Å². The van der Waals surface area contributed by atoms with Gasteiger partial charge in [-0.25, -0.2) is 4.98 Å². The van der Waals surface area contributed by atoms with Gasteiger partial charge in [0.15, 0.2) is 5.69 Å². The summed E-state index contributed by atoms with van der Waals surface area (Å²) in [6, 6.07) is -0.259. The Bertz CT molecular complexity index is 351. The zero-order valence-electron chi connectivity index (χ0n) is 10.2. The molecule has 1 heterocycles. The molecule has 6 heteroatoms.